The lowest BCUT2D eigenvalue weighted by atomic mass is 10.1. The van der Waals surface area contributed by atoms with Gasteiger partial charge >= 0.3 is 19.7 Å². The Morgan fingerprint density at radius 3 is 2.55 bits per heavy atom. The highest BCUT2D eigenvalue weighted by Crippen LogP contribution is 2.45. The lowest BCUT2D eigenvalue weighted by Crippen LogP contribution is -2.38. The van der Waals surface area contributed by atoms with Crippen molar-refractivity contribution < 1.29 is 46.6 Å². The highest BCUT2D eigenvalue weighted by Gasteiger charge is 2.45. The molecule has 1 aromatic rings. The smallest absolute Gasteiger partial charge is 0.387 e. The van der Waals surface area contributed by atoms with Crippen LogP contribution in [-0.4, -0.2) is 62.4 Å². The fraction of sp³-hybridized carbons (Fsp3) is 0.571. The second kappa shape index (κ2) is 8.80. The van der Waals surface area contributed by atoms with E-state index in [0.717, 1.165) is 10.8 Å². The zero-order valence-corrected chi connectivity index (χ0v) is 15.5. The van der Waals surface area contributed by atoms with Crippen molar-refractivity contribution in [3.63, 3.8) is 0 Å². The van der Waals surface area contributed by atoms with E-state index in [-0.39, 0.29) is 5.56 Å². The van der Waals surface area contributed by atoms with Gasteiger partial charge in [0.05, 0.1) is 6.61 Å². The summed E-state index contributed by atoms with van der Waals surface area (Å²) in [6, 6.07) is 0. The molecule has 0 bridgehead atoms. The summed E-state index contributed by atoms with van der Waals surface area (Å²) >= 11 is 0. The molecule has 29 heavy (non-hydrogen) atoms. The summed E-state index contributed by atoms with van der Waals surface area (Å²) < 4.78 is 61.7. The Hall–Kier alpha value is -1.98. The Morgan fingerprint density at radius 2 is 1.97 bits per heavy atom. The topological polar surface area (TPSA) is 160 Å². The van der Waals surface area contributed by atoms with Crippen LogP contribution in [0.4, 0.5) is 13.2 Å². The number of aromatic amines is 1. The number of aliphatic hydroxyl groups excluding tert-OH is 2. The maximum atomic E-state index is 12.1. The molecule has 0 amide bonds. The minimum atomic E-state index is -5.14. The van der Waals surface area contributed by atoms with E-state index >= 15 is 0 Å². The minimum Gasteiger partial charge on any atom is -0.387 e. The van der Waals surface area contributed by atoms with Gasteiger partial charge in [0.2, 0.25) is 0 Å². The molecule has 0 spiro atoms. The van der Waals surface area contributed by atoms with Gasteiger partial charge in [0, 0.05) is 6.20 Å². The van der Waals surface area contributed by atoms with Gasteiger partial charge in [-0.2, -0.15) is 13.2 Å². The van der Waals surface area contributed by atoms with Crippen LogP contribution in [0.1, 0.15) is 18.7 Å². The lowest BCUT2D eigenvalue weighted by molar-refractivity contribution is -0.158. The van der Waals surface area contributed by atoms with Crippen LogP contribution >= 0.6 is 7.82 Å². The van der Waals surface area contributed by atoms with E-state index in [1.165, 1.54) is 6.92 Å². The van der Waals surface area contributed by atoms with Crippen LogP contribution in [0.5, 0.6) is 0 Å². The average Bonchev–Trinajstić information content (AvgIpc) is 2.89. The standard InChI is InChI=1S/C14H16F3N2O9P/c1-2-3-7-4-19(13(23)18-11(7)22)12-10(21)9(20)8(28-12)5-26-29(24,25)27-6-14(15,16)17/h4,8-10,12,20-21H,5-6H2,1H3,(H,24,25)(H,18,22,23)/t8-,9-,10+,12-/m1/s1. The first-order valence-corrected chi connectivity index (χ1v) is 9.32. The quantitative estimate of drug-likeness (QED) is 0.326. The molecule has 1 saturated heterocycles. The van der Waals surface area contributed by atoms with Crippen LogP contribution < -0.4 is 11.2 Å². The largest absolute Gasteiger partial charge is 0.472 e. The van der Waals surface area contributed by atoms with E-state index in [9.17, 15) is 42.4 Å². The van der Waals surface area contributed by atoms with E-state index in [4.69, 9.17) is 4.74 Å². The molecule has 4 N–H and O–H groups in total. The molecule has 162 valence electrons. The number of halogens is 3. The SMILES string of the molecule is CC#Cc1cn([C@@H]2O[C@H](COP(=O)(O)OCC(F)(F)F)[C@@H](O)[C@@H]2O)c(=O)[nH]c1=O. The van der Waals surface area contributed by atoms with Crippen molar-refractivity contribution in [1.29, 1.82) is 0 Å². The Morgan fingerprint density at radius 1 is 1.31 bits per heavy atom. The minimum absolute atomic E-state index is 0.141. The fourth-order valence-electron chi connectivity index (χ4n) is 2.35. The molecule has 1 aromatic heterocycles. The van der Waals surface area contributed by atoms with Crippen molar-refractivity contribution >= 4 is 7.82 Å². The van der Waals surface area contributed by atoms with E-state index in [1.54, 1.807) is 0 Å². The number of phosphoric acid groups is 1. The maximum absolute atomic E-state index is 12.1. The van der Waals surface area contributed by atoms with E-state index in [2.05, 4.69) is 20.9 Å². The summed E-state index contributed by atoms with van der Waals surface area (Å²) in [5.74, 6) is 4.86. The predicted octanol–water partition coefficient (Wildman–Crippen LogP) is -0.777. The number of aliphatic hydroxyl groups is 2. The number of alkyl halides is 3. The van der Waals surface area contributed by atoms with Gasteiger partial charge in [0.1, 0.15) is 23.9 Å². The molecule has 1 fully saturated rings. The number of ether oxygens (including phenoxy) is 1. The van der Waals surface area contributed by atoms with Gasteiger partial charge in [0.15, 0.2) is 12.8 Å². The number of H-pyrrole nitrogens is 1. The van der Waals surface area contributed by atoms with Crippen LogP contribution in [0.15, 0.2) is 15.8 Å². The Kier molecular flexibility index (Phi) is 7.07. The van der Waals surface area contributed by atoms with Crippen LogP contribution in [0, 0.1) is 11.8 Å². The number of phosphoric ester groups is 1. The molecule has 0 radical (unpaired) electrons. The third kappa shape index (κ3) is 6.00. The molecular weight excluding hydrogens is 428 g/mol. The summed E-state index contributed by atoms with van der Waals surface area (Å²) in [4.78, 5) is 34.8. The molecule has 11 nitrogen and oxygen atoms in total. The molecule has 5 atom stereocenters. The molecule has 0 aliphatic carbocycles. The van der Waals surface area contributed by atoms with Crippen LogP contribution in [0.3, 0.4) is 0 Å². The Bertz CT molecular complexity index is 964. The molecule has 1 aliphatic rings. The predicted molar refractivity (Wildman–Crippen MR) is 87.6 cm³/mol. The molecule has 0 saturated carbocycles. The average molecular weight is 444 g/mol. The number of hydrogen-bond acceptors (Lipinski definition) is 8. The fourth-order valence-corrected chi connectivity index (χ4v) is 3.07. The summed E-state index contributed by atoms with van der Waals surface area (Å²) in [5, 5.41) is 20.1. The second-order valence-corrected chi connectivity index (χ2v) is 7.24. The lowest BCUT2D eigenvalue weighted by Gasteiger charge is -2.18. The molecule has 0 aromatic carbocycles. The van der Waals surface area contributed by atoms with Crippen LogP contribution in [-0.2, 0) is 18.3 Å². The summed E-state index contributed by atoms with van der Waals surface area (Å²) in [6.07, 6.45) is -10.5. The van der Waals surface area contributed by atoms with Gasteiger partial charge < -0.3 is 19.8 Å². The second-order valence-electron chi connectivity index (χ2n) is 5.78. The Labute approximate surface area is 160 Å². The van der Waals surface area contributed by atoms with E-state index in [0.29, 0.717) is 0 Å². The first kappa shape index (κ1) is 23.3. The van der Waals surface area contributed by atoms with E-state index in [1.807, 2.05) is 4.98 Å². The highest BCUT2D eigenvalue weighted by atomic mass is 31.2. The monoisotopic (exact) mass is 444 g/mol. The molecule has 1 unspecified atom stereocenters. The van der Waals surface area contributed by atoms with Crippen molar-refractivity contribution in [2.45, 2.75) is 37.6 Å². The zero-order chi connectivity index (χ0) is 22.0. The highest BCUT2D eigenvalue weighted by molar-refractivity contribution is 7.47. The number of nitrogens with zero attached hydrogens (tertiary/aromatic N) is 1. The van der Waals surface area contributed by atoms with Crippen LogP contribution in [0.2, 0.25) is 0 Å². The van der Waals surface area contributed by atoms with Crippen LogP contribution in [0.25, 0.3) is 0 Å². The molecule has 1 aliphatic heterocycles. The first-order valence-electron chi connectivity index (χ1n) is 7.83. The first-order chi connectivity index (χ1) is 13.3. The number of aromatic nitrogens is 2. The summed E-state index contributed by atoms with van der Waals surface area (Å²) in [5.41, 5.74) is -1.94. The third-order valence-electron chi connectivity index (χ3n) is 3.63. The van der Waals surface area contributed by atoms with Crippen molar-refractivity contribution in [1.82, 2.24) is 9.55 Å². The number of nitrogens with one attached hydrogen (secondary N) is 1. The van der Waals surface area contributed by atoms with Gasteiger partial charge in [-0.15, -0.1) is 5.92 Å². The Balaban J connectivity index is 2.14. The van der Waals surface area contributed by atoms with Crippen molar-refractivity contribution in [3.8, 4) is 11.8 Å². The van der Waals surface area contributed by atoms with Crippen molar-refractivity contribution in [2.75, 3.05) is 13.2 Å². The van der Waals surface area contributed by atoms with Gasteiger partial charge in [-0.1, -0.05) is 5.92 Å². The molecular formula is C14H16F3N2O9P. The van der Waals surface area contributed by atoms with Gasteiger partial charge in [-0.05, 0) is 6.92 Å². The number of rotatable bonds is 6. The summed E-state index contributed by atoms with van der Waals surface area (Å²) in [6.45, 7) is -1.56. The van der Waals surface area contributed by atoms with E-state index < -0.39 is 63.0 Å². The third-order valence-corrected chi connectivity index (χ3v) is 4.56. The maximum Gasteiger partial charge on any atom is 0.472 e. The molecule has 2 rings (SSSR count). The normalized spacial score (nSPS) is 26.6. The number of hydrogen-bond donors (Lipinski definition) is 4. The van der Waals surface area contributed by atoms with Crippen molar-refractivity contribution in [3.05, 3.63) is 32.6 Å². The summed E-state index contributed by atoms with van der Waals surface area (Å²) in [7, 11) is -5.14. The zero-order valence-electron chi connectivity index (χ0n) is 14.6. The molecule has 2 heterocycles. The van der Waals surface area contributed by atoms with Crippen molar-refractivity contribution in [2.24, 2.45) is 0 Å². The van der Waals surface area contributed by atoms with Gasteiger partial charge in [0.25, 0.3) is 5.56 Å². The van der Waals surface area contributed by atoms with Gasteiger partial charge in [-0.3, -0.25) is 23.4 Å². The van der Waals surface area contributed by atoms with Gasteiger partial charge in [-0.25, -0.2) is 9.36 Å². The molecule has 15 heteroatoms.